The summed E-state index contributed by atoms with van der Waals surface area (Å²) in [6.45, 7) is 8.56. The summed E-state index contributed by atoms with van der Waals surface area (Å²) in [4.78, 5) is 7.21. The van der Waals surface area contributed by atoms with Gasteiger partial charge >= 0.3 is 6.01 Å². The van der Waals surface area contributed by atoms with Crippen molar-refractivity contribution >= 4 is 22.5 Å². The number of methoxy groups -OCH3 is 1. The Hall–Kier alpha value is -2.45. The molecule has 1 N–H and O–H groups in total. The Labute approximate surface area is 152 Å². The first-order valence-corrected chi connectivity index (χ1v) is 8.94. The zero-order valence-electron chi connectivity index (χ0n) is 15.4. The van der Waals surface area contributed by atoms with Gasteiger partial charge in [-0.05, 0) is 31.5 Å². The van der Waals surface area contributed by atoms with E-state index in [4.69, 9.17) is 14.5 Å². The number of fused-ring (bicyclic) bond motifs is 3. The second-order valence-corrected chi connectivity index (χ2v) is 6.82. The van der Waals surface area contributed by atoms with Crippen molar-refractivity contribution in [2.24, 2.45) is 0 Å². The minimum atomic E-state index is 0.239. The lowest BCUT2D eigenvalue weighted by molar-refractivity contribution is 0.0342. The van der Waals surface area contributed by atoms with E-state index in [2.05, 4.69) is 52.5 Å². The maximum absolute atomic E-state index is 5.43. The lowest BCUT2D eigenvalue weighted by Crippen LogP contribution is -2.35. The summed E-state index contributed by atoms with van der Waals surface area (Å²) in [7, 11) is 1.60. The second kappa shape index (κ2) is 7.05. The number of nitrogens with zero attached hydrogens (tertiary/aromatic N) is 5. The average molecular weight is 356 g/mol. The molecule has 8 nitrogen and oxygen atoms in total. The van der Waals surface area contributed by atoms with Crippen molar-refractivity contribution in [1.29, 1.82) is 0 Å². The largest absolute Gasteiger partial charge is 0.467 e. The highest BCUT2D eigenvalue weighted by Crippen LogP contribution is 2.26. The number of hydrogen-bond donors (Lipinski definition) is 1. The minimum Gasteiger partial charge on any atom is -0.467 e. The van der Waals surface area contributed by atoms with Crippen molar-refractivity contribution in [1.82, 2.24) is 24.5 Å². The Kier molecular flexibility index (Phi) is 4.60. The molecule has 1 aromatic carbocycles. The van der Waals surface area contributed by atoms with E-state index in [0.29, 0.717) is 17.5 Å². The summed E-state index contributed by atoms with van der Waals surface area (Å²) in [6, 6.07) is 7.03. The summed E-state index contributed by atoms with van der Waals surface area (Å²) in [5.74, 6) is 0.715. The number of rotatable bonds is 5. The molecule has 0 aliphatic carbocycles. The summed E-state index contributed by atoms with van der Waals surface area (Å²) < 4.78 is 12.7. The monoisotopic (exact) mass is 356 g/mol. The number of aromatic nitrogens is 4. The quantitative estimate of drug-likeness (QED) is 0.748. The Morgan fingerprint density at radius 3 is 2.77 bits per heavy atom. The van der Waals surface area contributed by atoms with E-state index in [9.17, 15) is 0 Å². The van der Waals surface area contributed by atoms with Crippen LogP contribution in [0.2, 0.25) is 0 Å². The van der Waals surface area contributed by atoms with Crippen LogP contribution in [0.3, 0.4) is 0 Å². The average Bonchev–Trinajstić information content (AvgIpc) is 3.07. The first kappa shape index (κ1) is 17.0. The Balaban J connectivity index is 1.79. The van der Waals surface area contributed by atoms with Gasteiger partial charge in [0.15, 0.2) is 5.82 Å². The maximum Gasteiger partial charge on any atom is 0.321 e. The molecule has 1 aliphatic heterocycles. The van der Waals surface area contributed by atoms with Gasteiger partial charge in [0.1, 0.15) is 0 Å². The van der Waals surface area contributed by atoms with Gasteiger partial charge in [0.25, 0.3) is 0 Å². The molecule has 0 unspecified atom stereocenters. The smallest absolute Gasteiger partial charge is 0.321 e. The van der Waals surface area contributed by atoms with Crippen molar-refractivity contribution in [3.8, 4) is 6.01 Å². The third-order valence-electron chi connectivity index (χ3n) is 4.48. The highest BCUT2D eigenvalue weighted by Gasteiger charge is 2.17. The molecule has 138 valence electrons. The van der Waals surface area contributed by atoms with E-state index in [1.807, 2.05) is 4.40 Å². The van der Waals surface area contributed by atoms with Gasteiger partial charge in [-0.1, -0.05) is 11.2 Å². The van der Waals surface area contributed by atoms with Crippen LogP contribution >= 0.6 is 0 Å². The van der Waals surface area contributed by atoms with Gasteiger partial charge in [-0.15, -0.1) is 5.10 Å². The van der Waals surface area contributed by atoms with E-state index < -0.39 is 0 Å². The first-order chi connectivity index (χ1) is 12.7. The topological polar surface area (TPSA) is 76.8 Å². The Morgan fingerprint density at radius 1 is 1.23 bits per heavy atom. The number of anilines is 1. The fourth-order valence-corrected chi connectivity index (χ4v) is 3.28. The van der Waals surface area contributed by atoms with E-state index in [1.54, 1.807) is 7.11 Å². The zero-order valence-corrected chi connectivity index (χ0v) is 15.4. The molecule has 4 rings (SSSR count). The fourth-order valence-electron chi connectivity index (χ4n) is 3.28. The van der Waals surface area contributed by atoms with Crippen LogP contribution in [0.25, 0.3) is 16.7 Å². The van der Waals surface area contributed by atoms with Gasteiger partial charge in [-0.3, -0.25) is 4.90 Å². The van der Waals surface area contributed by atoms with Gasteiger partial charge in [0, 0.05) is 25.7 Å². The first-order valence-electron chi connectivity index (χ1n) is 8.94. The number of benzene rings is 1. The van der Waals surface area contributed by atoms with Crippen molar-refractivity contribution in [3.05, 3.63) is 23.8 Å². The van der Waals surface area contributed by atoms with E-state index in [-0.39, 0.29) is 6.04 Å². The molecule has 0 bridgehead atoms. The minimum absolute atomic E-state index is 0.239. The van der Waals surface area contributed by atoms with E-state index >= 15 is 0 Å². The molecular weight excluding hydrogens is 332 g/mol. The van der Waals surface area contributed by atoms with Crippen LogP contribution in [0, 0.1) is 0 Å². The molecule has 3 heterocycles. The number of morpholine rings is 1. The molecule has 8 heteroatoms. The molecule has 0 atom stereocenters. The van der Waals surface area contributed by atoms with Gasteiger partial charge in [0.05, 0.1) is 31.4 Å². The third-order valence-corrected chi connectivity index (χ3v) is 4.48. The van der Waals surface area contributed by atoms with Crippen LogP contribution in [0.15, 0.2) is 18.2 Å². The molecule has 1 aliphatic rings. The van der Waals surface area contributed by atoms with E-state index in [1.165, 1.54) is 5.56 Å². The molecule has 0 radical (unpaired) electrons. The number of ether oxygens (including phenoxy) is 2. The highest BCUT2D eigenvalue weighted by atomic mass is 16.5. The SMILES string of the molecule is COc1nnc2c(NC(C)C)nc3cc(CN4CCOCC4)ccc3n12. The molecule has 1 fully saturated rings. The molecule has 2 aromatic heterocycles. The van der Waals surface area contributed by atoms with Gasteiger partial charge in [0.2, 0.25) is 5.65 Å². The molecule has 3 aromatic rings. The Morgan fingerprint density at radius 2 is 2.04 bits per heavy atom. The van der Waals surface area contributed by atoms with Crippen molar-refractivity contribution < 1.29 is 9.47 Å². The molecule has 26 heavy (non-hydrogen) atoms. The van der Waals surface area contributed by atoms with Crippen LogP contribution in [0.1, 0.15) is 19.4 Å². The van der Waals surface area contributed by atoms with Crippen LogP contribution in [-0.4, -0.2) is 63.9 Å². The predicted octanol–water partition coefficient (Wildman–Crippen LogP) is 1.94. The summed E-state index contributed by atoms with van der Waals surface area (Å²) >= 11 is 0. The lowest BCUT2D eigenvalue weighted by atomic mass is 10.1. The lowest BCUT2D eigenvalue weighted by Gasteiger charge is -2.26. The second-order valence-electron chi connectivity index (χ2n) is 6.82. The van der Waals surface area contributed by atoms with Crippen LogP contribution in [0.5, 0.6) is 6.01 Å². The van der Waals surface area contributed by atoms with Crippen LogP contribution in [-0.2, 0) is 11.3 Å². The van der Waals surface area contributed by atoms with Gasteiger partial charge in [-0.25, -0.2) is 9.38 Å². The van der Waals surface area contributed by atoms with Crippen molar-refractivity contribution in [2.75, 3.05) is 38.7 Å². The molecule has 0 spiro atoms. The van der Waals surface area contributed by atoms with Crippen molar-refractivity contribution in [3.63, 3.8) is 0 Å². The van der Waals surface area contributed by atoms with Gasteiger partial charge < -0.3 is 14.8 Å². The maximum atomic E-state index is 5.43. The summed E-state index contributed by atoms with van der Waals surface area (Å²) in [6.07, 6.45) is 0. The van der Waals surface area contributed by atoms with Crippen LogP contribution < -0.4 is 10.1 Å². The fraction of sp³-hybridized carbons (Fsp3) is 0.500. The predicted molar refractivity (Wildman–Crippen MR) is 99.7 cm³/mol. The zero-order chi connectivity index (χ0) is 18.1. The number of hydrogen-bond acceptors (Lipinski definition) is 7. The van der Waals surface area contributed by atoms with E-state index in [0.717, 1.165) is 43.9 Å². The van der Waals surface area contributed by atoms with Crippen molar-refractivity contribution in [2.45, 2.75) is 26.4 Å². The summed E-state index contributed by atoms with van der Waals surface area (Å²) in [5.41, 5.74) is 3.73. The highest BCUT2D eigenvalue weighted by molar-refractivity contribution is 5.84. The molecule has 1 saturated heterocycles. The van der Waals surface area contributed by atoms with Gasteiger partial charge in [-0.2, -0.15) is 0 Å². The molecule has 0 amide bonds. The molecule has 0 saturated carbocycles. The summed E-state index contributed by atoms with van der Waals surface area (Å²) in [5, 5.41) is 11.7. The number of nitrogens with one attached hydrogen (secondary N) is 1. The standard InChI is InChI=1S/C18H24N6O2/c1-12(2)19-16-17-21-22-18(25-3)24(17)15-5-4-13(10-14(15)20-16)11-23-6-8-26-9-7-23/h4-5,10,12H,6-9,11H2,1-3H3,(H,19,20). The third kappa shape index (κ3) is 3.17. The molecular formula is C18H24N6O2. The Bertz CT molecular complexity index is 917. The van der Waals surface area contributed by atoms with Crippen LogP contribution in [0.4, 0.5) is 5.82 Å². The normalized spacial score (nSPS) is 15.8.